The smallest absolute Gasteiger partial charge is 0.292 e. The highest BCUT2D eigenvalue weighted by atomic mass is 35.5. The van der Waals surface area contributed by atoms with Gasteiger partial charge in [-0.15, -0.1) is 0 Å². The summed E-state index contributed by atoms with van der Waals surface area (Å²) < 4.78 is 5.41. The van der Waals surface area contributed by atoms with E-state index in [0.717, 1.165) is 22.2 Å². The fourth-order valence-electron chi connectivity index (χ4n) is 3.66. The second-order valence-electron chi connectivity index (χ2n) is 6.67. The van der Waals surface area contributed by atoms with Gasteiger partial charge in [-0.2, -0.15) is 4.98 Å². The zero-order valence-electron chi connectivity index (χ0n) is 15.6. The standard InChI is InChI=1S/C20H17Cl2N5O2/c1-11-16-12-3-4-13(21)17(22)18(12)25-14(16)6-9-27(11)20(28)19-24-7-5-15(26-19)29-10-8-23-2/h3-5,7,11,25H,6,8-10H2,1H3. The van der Waals surface area contributed by atoms with Crippen molar-refractivity contribution in [2.75, 3.05) is 19.7 Å². The lowest BCUT2D eigenvalue weighted by molar-refractivity contribution is 0.0664. The van der Waals surface area contributed by atoms with Crippen LogP contribution in [0, 0.1) is 6.57 Å². The van der Waals surface area contributed by atoms with Crippen LogP contribution in [0.4, 0.5) is 0 Å². The molecule has 7 nitrogen and oxygen atoms in total. The van der Waals surface area contributed by atoms with Crippen LogP contribution in [0.25, 0.3) is 15.7 Å². The fourth-order valence-corrected chi connectivity index (χ4v) is 4.03. The molecule has 3 heterocycles. The monoisotopic (exact) mass is 429 g/mol. The molecule has 0 bridgehead atoms. The molecule has 0 saturated carbocycles. The number of fused-ring (bicyclic) bond motifs is 3. The Kier molecular flexibility index (Phi) is 5.31. The van der Waals surface area contributed by atoms with Crippen LogP contribution in [0.2, 0.25) is 10.0 Å². The van der Waals surface area contributed by atoms with Gasteiger partial charge in [-0.05, 0) is 13.0 Å². The van der Waals surface area contributed by atoms with Crippen LogP contribution in [0.15, 0.2) is 24.4 Å². The topological polar surface area (TPSA) is 75.5 Å². The third-order valence-corrected chi connectivity index (χ3v) is 5.81. The molecule has 1 N–H and O–H groups in total. The van der Waals surface area contributed by atoms with Crippen LogP contribution in [-0.4, -0.2) is 45.5 Å². The number of H-pyrrole nitrogens is 1. The Labute approximate surface area is 177 Å². The van der Waals surface area contributed by atoms with Crippen LogP contribution in [0.1, 0.15) is 34.8 Å². The molecule has 1 amide bonds. The van der Waals surface area contributed by atoms with Gasteiger partial charge in [-0.3, -0.25) is 4.79 Å². The molecule has 29 heavy (non-hydrogen) atoms. The molecule has 3 aromatic rings. The van der Waals surface area contributed by atoms with E-state index in [4.69, 9.17) is 34.5 Å². The van der Waals surface area contributed by atoms with Gasteiger partial charge in [0, 0.05) is 41.9 Å². The van der Waals surface area contributed by atoms with E-state index in [1.54, 1.807) is 17.0 Å². The van der Waals surface area contributed by atoms with Crippen molar-refractivity contribution >= 4 is 40.0 Å². The molecule has 2 aromatic heterocycles. The Bertz CT molecular complexity index is 1140. The minimum atomic E-state index is -0.270. The third kappa shape index (κ3) is 3.50. The molecule has 0 spiro atoms. The minimum Gasteiger partial charge on any atom is -0.470 e. The van der Waals surface area contributed by atoms with Gasteiger partial charge in [-0.1, -0.05) is 29.3 Å². The zero-order chi connectivity index (χ0) is 20.5. The van der Waals surface area contributed by atoms with Crippen LogP contribution in [0.3, 0.4) is 0 Å². The van der Waals surface area contributed by atoms with Gasteiger partial charge < -0.3 is 19.5 Å². The van der Waals surface area contributed by atoms with Crippen molar-refractivity contribution in [3.8, 4) is 5.88 Å². The van der Waals surface area contributed by atoms with Crippen molar-refractivity contribution in [1.29, 1.82) is 0 Å². The molecule has 1 atom stereocenters. The molecular formula is C20H17Cl2N5O2. The lowest BCUT2D eigenvalue weighted by Gasteiger charge is -2.33. The summed E-state index contributed by atoms with van der Waals surface area (Å²) in [6.07, 6.45) is 2.15. The normalized spacial score (nSPS) is 15.8. The molecule has 148 valence electrons. The van der Waals surface area contributed by atoms with E-state index in [2.05, 4.69) is 19.8 Å². The predicted octanol–water partition coefficient (Wildman–Crippen LogP) is 4.32. The Balaban J connectivity index is 1.63. The average molecular weight is 430 g/mol. The van der Waals surface area contributed by atoms with E-state index in [0.29, 0.717) is 23.0 Å². The molecule has 1 aromatic carbocycles. The van der Waals surface area contributed by atoms with Gasteiger partial charge in [0.05, 0.1) is 21.6 Å². The highest BCUT2D eigenvalue weighted by Crippen LogP contribution is 2.40. The maximum absolute atomic E-state index is 13.1. The number of aromatic nitrogens is 3. The Morgan fingerprint density at radius 1 is 1.41 bits per heavy atom. The molecule has 0 fully saturated rings. The molecule has 1 aliphatic rings. The SMILES string of the molecule is [C-]#[N+]CCOc1ccnc(C(=O)N2CCc3[nH]c4c(Cl)c(Cl)ccc4c3C2C)n1. The van der Waals surface area contributed by atoms with Crippen molar-refractivity contribution < 1.29 is 9.53 Å². The summed E-state index contributed by atoms with van der Waals surface area (Å²) in [4.78, 5) is 29.8. The van der Waals surface area contributed by atoms with Gasteiger partial charge in [-0.25, -0.2) is 11.6 Å². The number of carbonyl (C=O) groups excluding carboxylic acids is 1. The van der Waals surface area contributed by atoms with E-state index in [1.165, 1.54) is 6.20 Å². The van der Waals surface area contributed by atoms with Crippen molar-refractivity contribution in [3.63, 3.8) is 0 Å². The highest BCUT2D eigenvalue weighted by molar-refractivity contribution is 6.45. The summed E-state index contributed by atoms with van der Waals surface area (Å²) in [7, 11) is 0. The number of halogens is 2. The molecule has 9 heteroatoms. The molecule has 1 aliphatic heterocycles. The van der Waals surface area contributed by atoms with Crippen LogP contribution < -0.4 is 4.74 Å². The van der Waals surface area contributed by atoms with E-state index >= 15 is 0 Å². The number of rotatable bonds is 4. The second kappa shape index (κ2) is 7.90. The van der Waals surface area contributed by atoms with E-state index < -0.39 is 0 Å². The largest absolute Gasteiger partial charge is 0.470 e. The maximum atomic E-state index is 13.1. The van der Waals surface area contributed by atoms with Gasteiger partial charge in [0.15, 0.2) is 6.61 Å². The summed E-state index contributed by atoms with van der Waals surface area (Å²) >= 11 is 12.5. The second-order valence-corrected chi connectivity index (χ2v) is 7.46. The average Bonchev–Trinajstić information content (AvgIpc) is 3.11. The van der Waals surface area contributed by atoms with Gasteiger partial charge in [0.1, 0.15) is 0 Å². The van der Waals surface area contributed by atoms with Gasteiger partial charge in [0.25, 0.3) is 5.91 Å². The van der Waals surface area contributed by atoms with Gasteiger partial charge >= 0.3 is 0 Å². The molecule has 0 saturated heterocycles. The van der Waals surface area contributed by atoms with E-state index in [-0.39, 0.29) is 36.8 Å². The first-order chi connectivity index (χ1) is 14.0. The van der Waals surface area contributed by atoms with Gasteiger partial charge in [0.2, 0.25) is 18.2 Å². The number of carbonyl (C=O) groups is 1. The van der Waals surface area contributed by atoms with Crippen molar-refractivity contribution in [1.82, 2.24) is 19.9 Å². The summed E-state index contributed by atoms with van der Waals surface area (Å²) in [5.74, 6) is 0.0839. The van der Waals surface area contributed by atoms with Crippen molar-refractivity contribution in [3.05, 3.63) is 62.9 Å². The lowest BCUT2D eigenvalue weighted by Crippen LogP contribution is -2.39. The zero-order valence-corrected chi connectivity index (χ0v) is 17.1. The first kappa shape index (κ1) is 19.5. The summed E-state index contributed by atoms with van der Waals surface area (Å²) in [6.45, 7) is 9.74. The molecule has 1 unspecified atom stereocenters. The number of nitrogens with one attached hydrogen (secondary N) is 1. The van der Waals surface area contributed by atoms with E-state index in [9.17, 15) is 4.79 Å². The Morgan fingerprint density at radius 2 is 2.24 bits per heavy atom. The third-order valence-electron chi connectivity index (χ3n) is 5.01. The van der Waals surface area contributed by atoms with E-state index in [1.807, 2.05) is 13.0 Å². The first-order valence-corrected chi connectivity index (χ1v) is 9.85. The number of benzene rings is 1. The number of amides is 1. The van der Waals surface area contributed by atoms with Crippen LogP contribution >= 0.6 is 23.2 Å². The number of nitrogens with zero attached hydrogens (tertiary/aromatic N) is 4. The fraction of sp³-hybridized carbons (Fsp3) is 0.300. The molecular weight excluding hydrogens is 413 g/mol. The summed E-state index contributed by atoms with van der Waals surface area (Å²) in [5.41, 5.74) is 2.87. The molecule has 4 rings (SSSR count). The quantitative estimate of drug-likeness (QED) is 0.494. The lowest BCUT2D eigenvalue weighted by atomic mass is 9.97. The molecule has 0 radical (unpaired) electrons. The summed E-state index contributed by atoms with van der Waals surface area (Å²) in [6, 6.07) is 5.07. The summed E-state index contributed by atoms with van der Waals surface area (Å²) in [5, 5.41) is 1.93. The predicted molar refractivity (Wildman–Crippen MR) is 110 cm³/mol. The minimum absolute atomic E-state index is 0.0709. The number of ether oxygens (including phenoxy) is 1. The Morgan fingerprint density at radius 3 is 3.03 bits per heavy atom. The Hall–Kier alpha value is -2.82. The number of hydrogen-bond acceptors (Lipinski definition) is 4. The highest BCUT2D eigenvalue weighted by Gasteiger charge is 2.33. The molecule has 0 aliphatic carbocycles. The van der Waals surface area contributed by atoms with Crippen LogP contribution in [0.5, 0.6) is 5.88 Å². The van der Waals surface area contributed by atoms with Crippen molar-refractivity contribution in [2.24, 2.45) is 0 Å². The maximum Gasteiger partial charge on any atom is 0.292 e. The number of aromatic amines is 1. The van der Waals surface area contributed by atoms with Crippen molar-refractivity contribution in [2.45, 2.75) is 19.4 Å². The number of hydrogen-bond donors (Lipinski definition) is 1. The van der Waals surface area contributed by atoms with Crippen LogP contribution in [-0.2, 0) is 6.42 Å². The first-order valence-electron chi connectivity index (χ1n) is 9.09.